The third kappa shape index (κ3) is 3.31. The van der Waals surface area contributed by atoms with E-state index in [0.717, 1.165) is 24.8 Å². The molecule has 0 aliphatic heterocycles. The van der Waals surface area contributed by atoms with Crippen LogP contribution in [0.2, 0.25) is 0 Å². The van der Waals surface area contributed by atoms with Gasteiger partial charge in [0.15, 0.2) is 0 Å². The molecule has 0 radical (unpaired) electrons. The van der Waals surface area contributed by atoms with Crippen molar-refractivity contribution in [2.75, 3.05) is 7.05 Å². The second kappa shape index (κ2) is 6.64. The molecule has 16 heavy (non-hydrogen) atoms. The van der Waals surface area contributed by atoms with Crippen molar-refractivity contribution in [3.05, 3.63) is 35.6 Å². The van der Waals surface area contributed by atoms with E-state index in [9.17, 15) is 4.39 Å². The van der Waals surface area contributed by atoms with Gasteiger partial charge in [0.05, 0.1) is 0 Å². The highest BCUT2D eigenvalue weighted by molar-refractivity contribution is 5.22. The smallest absolute Gasteiger partial charge is 0.123 e. The minimum atomic E-state index is -0.137. The van der Waals surface area contributed by atoms with Crippen molar-refractivity contribution in [2.45, 2.75) is 45.1 Å². The first-order chi connectivity index (χ1) is 7.72. The van der Waals surface area contributed by atoms with Crippen LogP contribution in [0.1, 0.15) is 44.6 Å². The Morgan fingerprint density at radius 2 is 2.06 bits per heavy atom. The molecule has 2 atom stereocenters. The second-order valence-electron chi connectivity index (χ2n) is 4.25. The quantitative estimate of drug-likeness (QED) is 0.775. The fraction of sp³-hybridized carbons (Fsp3) is 0.571. The van der Waals surface area contributed by atoms with E-state index in [1.807, 2.05) is 13.1 Å². The molecule has 0 aliphatic carbocycles. The molecule has 1 aromatic carbocycles. The van der Waals surface area contributed by atoms with Crippen LogP contribution in [0.25, 0.3) is 0 Å². The van der Waals surface area contributed by atoms with E-state index in [2.05, 4.69) is 19.2 Å². The largest absolute Gasteiger partial charge is 0.316 e. The molecule has 0 aromatic heterocycles. The van der Waals surface area contributed by atoms with Crippen LogP contribution in [0.4, 0.5) is 4.39 Å². The maximum atomic E-state index is 13.2. The van der Waals surface area contributed by atoms with Gasteiger partial charge < -0.3 is 5.32 Å². The standard InChI is InChI=1S/C14H22FN/c1-4-7-14(16-3)13(5-2)11-8-6-9-12(15)10-11/h6,8-10,13-14,16H,4-5,7H2,1-3H3. The number of halogens is 1. The molecule has 0 bridgehead atoms. The van der Waals surface area contributed by atoms with E-state index in [1.54, 1.807) is 12.1 Å². The summed E-state index contributed by atoms with van der Waals surface area (Å²) in [5.74, 6) is 0.267. The summed E-state index contributed by atoms with van der Waals surface area (Å²) in [6.45, 7) is 4.35. The maximum absolute atomic E-state index is 13.2. The highest BCUT2D eigenvalue weighted by Gasteiger charge is 2.19. The molecule has 2 heteroatoms. The fourth-order valence-corrected chi connectivity index (χ4v) is 2.35. The molecule has 0 aliphatic rings. The zero-order chi connectivity index (χ0) is 12.0. The SMILES string of the molecule is CCCC(NC)C(CC)c1cccc(F)c1. The molecule has 1 nitrogen and oxygen atoms in total. The molecule has 0 saturated heterocycles. The number of hydrogen-bond donors (Lipinski definition) is 1. The number of nitrogens with one attached hydrogen (secondary N) is 1. The van der Waals surface area contributed by atoms with Crippen LogP contribution in [0.5, 0.6) is 0 Å². The lowest BCUT2D eigenvalue weighted by Gasteiger charge is -2.26. The molecule has 1 rings (SSSR count). The Balaban J connectivity index is 2.87. The van der Waals surface area contributed by atoms with Gasteiger partial charge in [0.25, 0.3) is 0 Å². The number of hydrogen-bond acceptors (Lipinski definition) is 1. The molecule has 0 heterocycles. The van der Waals surface area contributed by atoms with Crippen molar-refractivity contribution in [3.8, 4) is 0 Å². The van der Waals surface area contributed by atoms with E-state index in [4.69, 9.17) is 0 Å². The molecule has 1 aromatic rings. The van der Waals surface area contributed by atoms with Crippen LogP contribution in [0.15, 0.2) is 24.3 Å². The van der Waals surface area contributed by atoms with E-state index < -0.39 is 0 Å². The summed E-state index contributed by atoms with van der Waals surface area (Å²) in [4.78, 5) is 0. The monoisotopic (exact) mass is 223 g/mol. The van der Waals surface area contributed by atoms with Crippen LogP contribution in [0.3, 0.4) is 0 Å². The van der Waals surface area contributed by atoms with Gasteiger partial charge in [0.2, 0.25) is 0 Å². The zero-order valence-corrected chi connectivity index (χ0v) is 10.5. The Morgan fingerprint density at radius 1 is 1.31 bits per heavy atom. The normalized spacial score (nSPS) is 14.8. The molecule has 1 N–H and O–H groups in total. The molecule has 0 amide bonds. The summed E-state index contributed by atoms with van der Waals surface area (Å²) < 4.78 is 13.2. The van der Waals surface area contributed by atoms with Crippen molar-refractivity contribution in [3.63, 3.8) is 0 Å². The highest BCUT2D eigenvalue weighted by atomic mass is 19.1. The van der Waals surface area contributed by atoms with Crippen molar-refractivity contribution in [1.29, 1.82) is 0 Å². The van der Waals surface area contributed by atoms with E-state index >= 15 is 0 Å². The predicted molar refractivity (Wildman–Crippen MR) is 67.2 cm³/mol. The lowest BCUT2D eigenvalue weighted by Crippen LogP contribution is -2.31. The summed E-state index contributed by atoms with van der Waals surface area (Å²) in [5.41, 5.74) is 1.11. The fourth-order valence-electron chi connectivity index (χ4n) is 2.35. The van der Waals surface area contributed by atoms with Gasteiger partial charge in [0, 0.05) is 6.04 Å². The minimum Gasteiger partial charge on any atom is -0.316 e. The van der Waals surface area contributed by atoms with Gasteiger partial charge in [-0.2, -0.15) is 0 Å². The van der Waals surface area contributed by atoms with Crippen LogP contribution in [-0.2, 0) is 0 Å². The molecular formula is C14H22FN. The average Bonchev–Trinajstić information content (AvgIpc) is 2.29. The van der Waals surface area contributed by atoms with E-state index in [0.29, 0.717) is 12.0 Å². The van der Waals surface area contributed by atoms with E-state index in [-0.39, 0.29) is 5.82 Å². The third-order valence-electron chi connectivity index (χ3n) is 3.17. The molecule has 0 saturated carbocycles. The molecule has 2 unspecified atom stereocenters. The first kappa shape index (κ1) is 13.2. The summed E-state index contributed by atoms with van der Waals surface area (Å²) in [6, 6.07) is 7.43. The van der Waals surface area contributed by atoms with Gasteiger partial charge in [-0.1, -0.05) is 32.4 Å². The Bertz CT molecular complexity index is 311. The molecule has 90 valence electrons. The second-order valence-corrected chi connectivity index (χ2v) is 4.25. The van der Waals surface area contributed by atoms with Gasteiger partial charge >= 0.3 is 0 Å². The Kier molecular flexibility index (Phi) is 5.47. The van der Waals surface area contributed by atoms with Crippen LogP contribution in [-0.4, -0.2) is 13.1 Å². The number of rotatable bonds is 6. The van der Waals surface area contributed by atoms with E-state index in [1.165, 1.54) is 6.07 Å². The third-order valence-corrected chi connectivity index (χ3v) is 3.17. The minimum absolute atomic E-state index is 0.137. The van der Waals surface area contributed by atoms with Crippen LogP contribution in [0, 0.1) is 5.82 Å². The number of benzene rings is 1. The first-order valence-electron chi connectivity index (χ1n) is 6.15. The maximum Gasteiger partial charge on any atom is 0.123 e. The first-order valence-corrected chi connectivity index (χ1v) is 6.15. The molecule has 0 spiro atoms. The van der Waals surface area contributed by atoms with Crippen LogP contribution >= 0.6 is 0 Å². The lowest BCUT2D eigenvalue weighted by atomic mass is 9.87. The Labute approximate surface area is 98.1 Å². The molecule has 0 fully saturated rings. The van der Waals surface area contributed by atoms with Gasteiger partial charge in [-0.25, -0.2) is 4.39 Å². The van der Waals surface area contributed by atoms with Gasteiger partial charge in [-0.15, -0.1) is 0 Å². The van der Waals surface area contributed by atoms with Crippen molar-refractivity contribution in [1.82, 2.24) is 5.32 Å². The van der Waals surface area contributed by atoms with Crippen molar-refractivity contribution >= 4 is 0 Å². The lowest BCUT2D eigenvalue weighted by molar-refractivity contribution is 0.420. The van der Waals surface area contributed by atoms with Crippen molar-refractivity contribution < 1.29 is 4.39 Å². The van der Waals surface area contributed by atoms with Crippen LogP contribution < -0.4 is 5.32 Å². The topological polar surface area (TPSA) is 12.0 Å². The average molecular weight is 223 g/mol. The molecular weight excluding hydrogens is 201 g/mol. The summed E-state index contributed by atoms with van der Waals surface area (Å²) >= 11 is 0. The highest BCUT2D eigenvalue weighted by Crippen LogP contribution is 2.26. The summed E-state index contributed by atoms with van der Waals surface area (Å²) in [6.07, 6.45) is 3.32. The Morgan fingerprint density at radius 3 is 2.56 bits per heavy atom. The van der Waals surface area contributed by atoms with Gasteiger partial charge in [-0.3, -0.25) is 0 Å². The number of likely N-dealkylation sites (N-methyl/N-ethyl adjacent to an activating group) is 1. The summed E-state index contributed by atoms with van der Waals surface area (Å²) in [5, 5.41) is 3.35. The Hall–Kier alpha value is -0.890. The van der Waals surface area contributed by atoms with Crippen molar-refractivity contribution in [2.24, 2.45) is 0 Å². The summed E-state index contributed by atoms with van der Waals surface area (Å²) in [7, 11) is 1.99. The predicted octanol–water partition coefficient (Wildman–Crippen LogP) is 3.71. The zero-order valence-electron chi connectivity index (χ0n) is 10.5. The van der Waals surface area contributed by atoms with Gasteiger partial charge in [-0.05, 0) is 43.5 Å². The van der Waals surface area contributed by atoms with Gasteiger partial charge in [0.1, 0.15) is 5.82 Å².